The van der Waals surface area contributed by atoms with Gasteiger partial charge in [-0.15, -0.1) is 10.2 Å². The number of nitrogens with one attached hydrogen (secondary N) is 2. The summed E-state index contributed by atoms with van der Waals surface area (Å²) in [6, 6.07) is 8.57. The Balaban J connectivity index is 1.77. The Morgan fingerprint density at radius 2 is 2.03 bits per heavy atom. The molecule has 1 amide bonds. The predicted octanol–water partition coefficient (Wildman–Crippen LogP) is 4.75. The van der Waals surface area contributed by atoms with Gasteiger partial charge in [0.2, 0.25) is 5.91 Å². The molecule has 10 heteroatoms. The minimum Gasteiger partial charge on any atom is -0.356 e. The molecule has 3 rings (SSSR count). The van der Waals surface area contributed by atoms with Crippen LogP contribution in [0.5, 0.6) is 0 Å². The van der Waals surface area contributed by atoms with E-state index >= 15 is 0 Å². The average Bonchev–Trinajstić information content (AvgIpc) is 2.76. The molecular formula is C21H19Cl2FN6O. The van der Waals surface area contributed by atoms with E-state index < -0.39 is 11.9 Å². The minimum atomic E-state index is -0.662. The summed E-state index contributed by atoms with van der Waals surface area (Å²) in [5.74, 6) is -0.657. The van der Waals surface area contributed by atoms with Gasteiger partial charge in [0.25, 0.3) is 0 Å². The second-order valence-electron chi connectivity index (χ2n) is 6.56. The molecule has 1 atom stereocenters. The van der Waals surface area contributed by atoms with Gasteiger partial charge in [0.1, 0.15) is 11.7 Å². The van der Waals surface area contributed by atoms with Gasteiger partial charge < -0.3 is 10.6 Å². The molecule has 0 unspecified atom stereocenters. The third kappa shape index (κ3) is 5.74. The van der Waals surface area contributed by atoms with Crippen molar-refractivity contribution in [1.29, 1.82) is 0 Å². The fraction of sp³-hybridized carbons (Fsp3) is 0.190. The summed E-state index contributed by atoms with van der Waals surface area (Å²) in [7, 11) is 0. The number of carbonyl (C=O) groups is 1. The minimum absolute atomic E-state index is 0.0694. The Bertz CT molecular complexity index is 1100. The van der Waals surface area contributed by atoms with Gasteiger partial charge >= 0.3 is 0 Å². The summed E-state index contributed by atoms with van der Waals surface area (Å²) in [5.41, 5.74) is 0.982. The molecule has 160 valence electrons. The molecule has 3 aromatic rings. The molecule has 2 N–H and O–H groups in total. The Morgan fingerprint density at radius 1 is 1.23 bits per heavy atom. The number of nitrogens with zero attached hydrogens (tertiary/aromatic N) is 4. The molecule has 0 aromatic carbocycles. The third-order valence-electron chi connectivity index (χ3n) is 4.26. The number of amides is 1. The smallest absolute Gasteiger partial charge is 0.246 e. The van der Waals surface area contributed by atoms with Gasteiger partial charge in [0.05, 0.1) is 22.1 Å². The van der Waals surface area contributed by atoms with E-state index in [1.54, 1.807) is 24.4 Å². The van der Waals surface area contributed by atoms with Crippen molar-refractivity contribution in [3.05, 3.63) is 70.9 Å². The monoisotopic (exact) mass is 460 g/mol. The largest absolute Gasteiger partial charge is 0.356 e. The van der Waals surface area contributed by atoms with Crippen molar-refractivity contribution in [3.63, 3.8) is 0 Å². The van der Waals surface area contributed by atoms with E-state index in [4.69, 9.17) is 23.2 Å². The van der Waals surface area contributed by atoms with Crippen LogP contribution in [0.4, 0.5) is 10.2 Å². The van der Waals surface area contributed by atoms with Crippen molar-refractivity contribution >= 4 is 40.6 Å². The average molecular weight is 461 g/mol. The number of rotatable bonds is 8. The molecule has 0 bridgehead atoms. The summed E-state index contributed by atoms with van der Waals surface area (Å²) in [4.78, 5) is 21.3. The maximum Gasteiger partial charge on any atom is 0.246 e. The number of hydrogen-bond donors (Lipinski definition) is 2. The molecule has 0 aliphatic rings. The lowest BCUT2D eigenvalue weighted by molar-refractivity contribution is -0.120. The van der Waals surface area contributed by atoms with Crippen molar-refractivity contribution in [2.75, 3.05) is 5.32 Å². The standard InChI is InChI=1S/C21H19Cl2FN6O/c1-3-6-17(28-20-13(22)11-18(23)29-30-20)21(31)26-12(2)15-9-8-14(24)19(27-15)16-7-4-5-10-25-16/h4-5,7-11,17H,2-3,6H2,1H3,(H,26,31)(H,28,30)/t17-/m1/s1. The fourth-order valence-corrected chi connectivity index (χ4v) is 3.16. The molecule has 0 saturated heterocycles. The highest BCUT2D eigenvalue weighted by Gasteiger charge is 2.21. The molecule has 7 nitrogen and oxygen atoms in total. The molecular weight excluding hydrogens is 442 g/mol. The van der Waals surface area contributed by atoms with Crippen LogP contribution < -0.4 is 10.6 Å². The van der Waals surface area contributed by atoms with E-state index in [0.29, 0.717) is 17.8 Å². The number of halogens is 3. The maximum atomic E-state index is 14.3. The molecule has 31 heavy (non-hydrogen) atoms. The number of aromatic nitrogens is 4. The van der Waals surface area contributed by atoms with Gasteiger partial charge in [-0.1, -0.05) is 49.2 Å². The van der Waals surface area contributed by atoms with E-state index in [-0.39, 0.29) is 33.3 Å². The second-order valence-corrected chi connectivity index (χ2v) is 7.35. The van der Waals surface area contributed by atoms with E-state index in [1.165, 1.54) is 18.2 Å². The summed E-state index contributed by atoms with van der Waals surface area (Å²) >= 11 is 11.9. The number of anilines is 1. The summed E-state index contributed by atoms with van der Waals surface area (Å²) in [6.07, 6.45) is 2.76. The summed E-state index contributed by atoms with van der Waals surface area (Å²) in [6.45, 7) is 5.81. The summed E-state index contributed by atoms with van der Waals surface area (Å²) in [5, 5.41) is 13.7. The van der Waals surface area contributed by atoms with Crippen LogP contribution in [-0.4, -0.2) is 32.1 Å². The highest BCUT2D eigenvalue weighted by Crippen LogP contribution is 2.23. The molecule has 0 fully saturated rings. The van der Waals surface area contributed by atoms with Crippen molar-refractivity contribution in [2.45, 2.75) is 25.8 Å². The van der Waals surface area contributed by atoms with Crippen LogP contribution in [-0.2, 0) is 4.79 Å². The zero-order valence-electron chi connectivity index (χ0n) is 16.6. The third-order valence-corrected chi connectivity index (χ3v) is 4.73. The van der Waals surface area contributed by atoms with Crippen LogP contribution in [0.2, 0.25) is 10.2 Å². The van der Waals surface area contributed by atoms with Crippen LogP contribution in [0.3, 0.4) is 0 Å². The molecule has 0 radical (unpaired) electrons. The molecule has 3 aromatic heterocycles. The van der Waals surface area contributed by atoms with Gasteiger partial charge in [-0.05, 0) is 36.8 Å². The first kappa shape index (κ1) is 22.6. The van der Waals surface area contributed by atoms with Crippen molar-refractivity contribution in [2.24, 2.45) is 0 Å². The van der Waals surface area contributed by atoms with Gasteiger partial charge in [0.15, 0.2) is 16.8 Å². The topological polar surface area (TPSA) is 92.7 Å². The molecule has 0 spiro atoms. The second kappa shape index (κ2) is 10.3. The molecule has 3 heterocycles. The molecule has 0 saturated carbocycles. The number of pyridine rings is 2. The number of hydrogen-bond acceptors (Lipinski definition) is 6. The van der Waals surface area contributed by atoms with Crippen molar-refractivity contribution in [3.8, 4) is 11.4 Å². The molecule has 0 aliphatic carbocycles. The highest BCUT2D eigenvalue weighted by molar-refractivity contribution is 6.35. The predicted molar refractivity (Wildman–Crippen MR) is 119 cm³/mol. The first-order valence-corrected chi connectivity index (χ1v) is 10.2. The van der Waals surface area contributed by atoms with Crippen LogP contribution in [0, 0.1) is 5.82 Å². The first-order chi connectivity index (χ1) is 14.9. The lowest BCUT2D eigenvalue weighted by atomic mass is 10.1. The fourth-order valence-electron chi connectivity index (χ4n) is 2.76. The number of carbonyl (C=O) groups excluding carboxylic acids is 1. The van der Waals surface area contributed by atoms with Crippen LogP contribution in [0.15, 0.2) is 49.2 Å². The quantitative estimate of drug-likeness (QED) is 0.503. The maximum absolute atomic E-state index is 14.3. The van der Waals surface area contributed by atoms with E-state index in [2.05, 4.69) is 37.4 Å². The zero-order chi connectivity index (χ0) is 22.4. The van der Waals surface area contributed by atoms with Crippen LogP contribution in [0.1, 0.15) is 25.5 Å². The van der Waals surface area contributed by atoms with Gasteiger partial charge in [0, 0.05) is 6.20 Å². The van der Waals surface area contributed by atoms with Gasteiger partial charge in [-0.2, -0.15) is 0 Å². The Kier molecular flexibility index (Phi) is 7.49. The van der Waals surface area contributed by atoms with Gasteiger partial charge in [-0.3, -0.25) is 9.78 Å². The van der Waals surface area contributed by atoms with Crippen molar-refractivity contribution < 1.29 is 9.18 Å². The Hall–Kier alpha value is -3.10. The van der Waals surface area contributed by atoms with E-state index in [9.17, 15) is 9.18 Å². The van der Waals surface area contributed by atoms with Gasteiger partial charge in [-0.25, -0.2) is 9.37 Å². The molecule has 0 aliphatic heterocycles. The Morgan fingerprint density at radius 3 is 2.71 bits per heavy atom. The first-order valence-electron chi connectivity index (χ1n) is 9.42. The Labute approximate surface area is 188 Å². The van der Waals surface area contributed by atoms with E-state index in [0.717, 1.165) is 6.42 Å². The summed E-state index contributed by atoms with van der Waals surface area (Å²) < 4.78 is 14.3. The highest BCUT2D eigenvalue weighted by atomic mass is 35.5. The van der Waals surface area contributed by atoms with E-state index in [1.807, 2.05) is 6.92 Å². The normalized spacial score (nSPS) is 11.6. The van der Waals surface area contributed by atoms with Crippen molar-refractivity contribution in [1.82, 2.24) is 25.5 Å². The SMILES string of the molecule is C=C(NC(=O)[C@@H](CCC)Nc1nnc(Cl)cc1Cl)c1ccc(F)c(-c2ccccn2)n1. The lowest BCUT2D eigenvalue weighted by Gasteiger charge is -2.19. The van der Waals surface area contributed by atoms with Crippen LogP contribution >= 0.6 is 23.2 Å². The lowest BCUT2D eigenvalue weighted by Crippen LogP contribution is -2.39. The van der Waals surface area contributed by atoms with Crippen LogP contribution in [0.25, 0.3) is 17.1 Å². The zero-order valence-corrected chi connectivity index (χ0v) is 18.1.